The van der Waals surface area contributed by atoms with Gasteiger partial charge >= 0.3 is 0 Å². The van der Waals surface area contributed by atoms with Crippen molar-refractivity contribution in [2.75, 3.05) is 13.1 Å². The van der Waals surface area contributed by atoms with Gasteiger partial charge in [-0.3, -0.25) is 4.90 Å². The predicted octanol–water partition coefficient (Wildman–Crippen LogP) is 6.17. The molecule has 0 aromatic heterocycles. The van der Waals surface area contributed by atoms with Crippen LogP contribution in [-0.4, -0.2) is 18.0 Å². The van der Waals surface area contributed by atoms with Gasteiger partial charge in [0.15, 0.2) is 0 Å². The Morgan fingerprint density at radius 1 is 0.808 bits per heavy atom. The normalized spacial score (nSPS) is 19.0. The van der Waals surface area contributed by atoms with Crippen molar-refractivity contribution in [3.8, 4) is 0 Å². The fourth-order valence-corrected chi connectivity index (χ4v) is 5.07. The Labute approximate surface area is 159 Å². The highest BCUT2D eigenvalue weighted by Crippen LogP contribution is 2.39. The maximum atomic E-state index is 2.78. The van der Waals surface area contributed by atoms with Crippen LogP contribution in [0.5, 0.6) is 0 Å². The molecule has 1 aliphatic carbocycles. The molecule has 1 aliphatic heterocycles. The van der Waals surface area contributed by atoms with Gasteiger partial charge < -0.3 is 0 Å². The van der Waals surface area contributed by atoms with Crippen LogP contribution < -0.4 is 0 Å². The SMILES string of the molecule is CCCCCC1CCN(C2c3ccccc3CCc3ccccc32)CC1. The molecule has 0 spiro atoms. The highest BCUT2D eigenvalue weighted by atomic mass is 15.2. The van der Waals surface area contributed by atoms with Crippen LogP contribution in [0.1, 0.15) is 73.7 Å². The molecule has 1 saturated heterocycles. The minimum Gasteiger partial charge on any atom is -0.292 e. The lowest BCUT2D eigenvalue weighted by Gasteiger charge is -2.39. The summed E-state index contributed by atoms with van der Waals surface area (Å²) in [6.07, 6.45) is 10.7. The third kappa shape index (κ3) is 3.74. The van der Waals surface area contributed by atoms with Crippen molar-refractivity contribution < 1.29 is 0 Å². The first-order valence-electron chi connectivity index (χ1n) is 10.8. The largest absolute Gasteiger partial charge is 0.292 e. The van der Waals surface area contributed by atoms with Crippen molar-refractivity contribution in [3.05, 3.63) is 70.8 Å². The zero-order chi connectivity index (χ0) is 17.8. The third-order valence-corrected chi connectivity index (χ3v) is 6.59. The van der Waals surface area contributed by atoms with E-state index in [1.807, 2.05) is 0 Å². The van der Waals surface area contributed by atoms with Crippen molar-refractivity contribution in [1.82, 2.24) is 4.90 Å². The summed E-state index contributed by atoms with van der Waals surface area (Å²) in [5.74, 6) is 0.953. The molecule has 0 amide bonds. The van der Waals surface area contributed by atoms with Crippen LogP contribution in [0.4, 0.5) is 0 Å². The zero-order valence-electron chi connectivity index (χ0n) is 16.3. The molecule has 1 heterocycles. The summed E-state index contributed by atoms with van der Waals surface area (Å²) in [6.45, 7) is 4.82. The van der Waals surface area contributed by atoms with Gasteiger partial charge in [0.2, 0.25) is 0 Å². The second kappa shape index (κ2) is 8.39. The molecule has 0 saturated carbocycles. The number of fused-ring (bicyclic) bond motifs is 2. The molecule has 138 valence electrons. The fourth-order valence-electron chi connectivity index (χ4n) is 5.07. The molecule has 1 fully saturated rings. The molecule has 2 aromatic carbocycles. The van der Waals surface area contributed by atoms with E-state index < -0.39 is 0 Å². The molecule has 1 heteroatoms. The molecule has 2 aromatic rings. The van der Waals surface area contributed by atoms with Gasteiger partial charge in [-0.1, -0.05) is 81.1 Å². The Morgan fingerprint density at radius 2 is 1.38 bits per heavy atom. The van der Waals surface area contributed by atoms with Gasteiger partial charge in [0.05, 0.1) is 6.04 Å². The van der Waals surface area contributed by atoms with Crippen LogP contribution in [0.2, 0.25) is 0 Å². The molecule has 2 aliphatic rings. The number of benzene rings is 2. The maximum absolute atomic E-state index is 2.78. The van der Waals surface area contributed by atoms with Crippen molar-refractivity contribution in [2.45, 2.75) is 64.3 Å². The second-order valence-corrected chi connectivity index (χ2v) is 8.28. The molecule has 26 heavy (non-hydrogen) atoms. The Bertz CT molecular complexity index is 664. The number of unbranched alkanes of at least 4 members (excludes halogenated alkanes) is 2. The quantitative estimate of drug-likeness (QED) is 0.585. The number of nitrogens with zero attached hydrogens (tertiary/aromatic N) is 1. The van der Waals surface area contributed by atoms with E-state index in [4.69, 9.17) is 0 Å². The Kier molecular flexibility index (Phi) is 5.75. The standard InChI is InChI=1S/C25H33N/c1-2-3-4-9-20-16-18-26(19-17-20)25-23-12-7-5-10-21(23)14-15-22-11-6-8-13-24(22)25/h5-8,10-13,20,25H,2-4,9,14-19H2,1H3. The van der Waals surface area contributed by atoms with Crippen LogP contribution in [0.15, 0.2) is 48.5 Å². The highest BCUT2D eigenvalue weighted by molar-refractivity contribution is 5.44. The predicted molar refractivity (Wildman–Crippen MR) is 111 cm³/mol. The summed E-state index contributed by atoms with van der Waals surface area (Å²) in [5.41, 5.74) is 6.22. The molecular weight excluding hydrogens is 314 g/mol. The summed E-state index contributed by atoms with van der Waals surface area (Å²) < 4.78 is 0. The lowest BCUT2D eigenvalue weighted by atomic mass is 9.87. The van der Waals surface area contributed by atoms with E-state index in [2.05, 4.69) is 60.4 Å². The summed E-state index contributed by atoms with van der Waals surface area (Å²) in [7, 11) is 0. The molecule has 4 rings (SSSR count). The van der Waals surface area contributed by atoms with Gasteiger partial charge in [0.1, 0.15) is 0 Å². The van der Waals surface area contributed by atoms with Gasteiger partial charge in [0.25, 0.3) is 0 Å². The molecule has 0 N–H and O–H groups in total. The van der Waals surface area contributed by atoms with Gasteiger partial charge in [-0.25, -0.2) is 0 Å². The lowest BCUT2D eigenvalue weighted by Crippen LogP contribution is -2.37. The smallest absolute Gasteiger partial charge is 0.0607 e. The topological polar surface area (TPSA) is 3.24 Å². The average Bonchev–Trinajstić information content (AvgIpc) is 2.86. The minimum atomic E-state index is 0.460. The first kappa shape index (κ1) is 17.8. The molecular formula is C25H33N. The number of aryl methyl sites for hydroxylation is 2. The Morgan fingerprint density at radius 3 is 1.96 bits per heavy atom. The molecule has 0 atom stereocenters. The minimum absolute atomic E-state index is 0.460. The van der Waals surface area contributed by atoms with E-state index in [0.717, 1.165) is 5.92 Å². The van der Waals surface area contributed by atoms with Crippen molar-refractivity contribution in [1.29, 1.82) is 0 Å². The van der Waals surface area contributed by atoms with Crippen molar-refractivity contribution in [2.24, 2.45) is 5.92 Å². The van der Waals surface area contributed by atoms with Crippen LogP contribution in [0.3, 0.4) is 0 Å². The first-order valence-corrected chi connectivity index (χ1v) is 10.8. The van der Waals surface area contributed by atoms with Crippen LogP contribution in [0.25, 0.3) is 0 Å². The van der Waals surface area contributed by atoms with E-state index in [1.165, 1.54) is 64.5 Å². The van der Waals surface area contributed by atoms with Crippen LogP contribution >= 0.6 is 0 Å². The van der Waals surface area contributed by atoms with E-state index in [9.17, 15) is 0 Å². The Balaban J connectivity index is 1.56. The van der Waals surface area contributed by atoms with Gasteiger partial charge in [-0.15, -0.1) is 0 Å². The number of piperidine rings is 1. The van der Waals surface area contributed by atoms with E-state index in [1.54, 1.807) is 22.3 Å². The summed E-state index contributed by atoms with van der Waals surface area (Å²) in [6, 6.07) is 18.8. The zero-order valence-corrected chi connectivity index (χ0v) is 16.3. The summed E-state index contributed by atoms with van der Waals surface area (Å²) in [4.78, 5) is 2.78. The van der Waals surface area contributed by atoms with Crippen LogP contribution in [-0.2, 0) is 12.8 Å². The summed E-state index contributed by atoms with van der Waals surface area (Å²) >= 11 is 0. The fraction of sp³-hybridized carbons (Fsp3) is 0.520. The van der Waals surface area contributed by atoms with Gasteiger partial charge in [-0.05, 0) is 66.9 Å². The van der Waals surface area contributed by atoms with E-state index in [0.29, 0.717) is 6.04 Å². The lowest BCUT2D eigenvalue weighted by molar-refractivity contribution is 0.145. The van der Waals surface area contributed by atoms with Crippen molar-refractivity contribution in [3.63, 3.8) is 0 Å². The second-order valence-electron chi connectivity index (χ2n) is 8.28. The number of likely N-dealkylation sites (tertiary alicyclic amines) is 1. The Hall–Kier alpha value is -1.60. The third-order valence-electron chi connectivity index (χ3n) is 6.59. The number of hydrogen-bond donors (Lipinski definition) is 0. The highest BCUT2D eigenvalue weighted by Gasteiger charge is 2.31. The van der Waals surface area contributed by atoms with E-state index >= 15 is 0 Å². The molecule has 0 radical (unpaired) electrons. The van der Waals surface area contributed by atoms with Crippen molar-refractivity contribution >= 4 is 0 Å². The summed E-state index contributed by atoms with van der Waals surface area (Å²) in [5, 5.41) is 0. The molecule has 0 bridgehead atoms. The monoisotopic (exact) mass is 347 g/mol. The maximum Gasteiger partial charge on any atom is 0.0607 e. The van der Waals surface area contributed by atoms with Crippen LogP contribution in [0, 0.1) is 5.92 Å². The number of rotatable bonds is 5. The first-order chi connectivity index (χ1) is 12.9. The number of hydrogen-bond acceptors (Lipinski definition) is 1. The average molecular weight is 348 g/mol. The van der Waals surface area contributed by atoms with Gasteiger partial charge in [-0.2, -0.15) is 0 Å². The molecule has 1 nitrogen and oxygen atoms in total. The van der Waals surface area contributed by atoms with Gasteiger partial charge in [0, 0.05) is 0 Å². The molecule has 0 unspecified atom stereocenters. The van der Waals surface area contributed by atoms with E-state index in [-0.39, 0.29) is 0 Å².